The Kier molecular flexibility index (Phi) is 0.845. The van der Waals surface area contributed by atoms with E-state index in [1.54, 1.807) is 13.8 Å². The van der Waals surface area contributed by atoms with E-state index in [4.69, 9.17) is 9.22 Å². The first kappa shape index (κ1) is 2.31. The van der Waals surface area contributed by atoms with E-state index in [0.29, 0.717) is 0 Å². The number of hydrogen-bond acceptors (Lipinski definition) is 1. The molecule has 0 amide bonds. The lowest BCUT2D eigenvalue weighted by molar-refractivity contribution is 0.144. The first-order valence-electron chi connectivity index (χ1n) is 3.53. The highest BCUT2D eigenvalue weighted by molar-refractivity contribution is 4.48. The minimum atomic E-state index is -2.21. The summed E-state index contributed by atoms with van der Waals surface area (Å²) < 4.78 is 20.3. The first-order chi connectivity index (χ1) is 3.85. The molecule has 0 aliphatic rings. The van der Waals surface area contributed by atoms with Crippen molar-refractivity contribution in [2.24, 2.45) is 5.92 Å². The van der Waals surface area contributed by atoms with Crippen LogP contribution >= 0.6 is 0 Å². The largest absolute Gasteiger partial charge is 0.393 e. The summed E-state index contributed by atoms with van der Waals surface area (Å²) in [5, 5.41) is 8.90. The molecule has 0 rings (SSSR count). The van der Waals surface area contributed by atoms with Gasteiger partial charge in [-0.2, -0.15) is 0 Å². The standard InChI is InChI=1S/C5H12O/c1-4(2)5(3)6/h4-6H,1-3H3/i3D3. The molecule has 1 N–H and O–H groups in total. The van der Waals surface area contributed by atoms with Crippen LogP contribution in [-0.2, 0) is 0 Å². The Labute approximate surface area is 43.2 Å². The summed E-state index contributed by atoms with van der Waals surface area (Å²) in [6.45, 7) is 1.14. The van der Waals surface area contributed by atoms with Gasteiger partial charge in [0.15, 0.2) is 0 Å². The van der Waals surface area contributed by atoms with Gasteiger partial charge in [0.2, 0.25) is 0 Å². The fourth-order valence-corrected chi connectivity index (χ4v) is 0. The highest BCUT2D eigenvalue weighted by atomic mass is 16.3. The molecule has 38 valence electrons. The molecular weight excluding hydrogens is 76.1 g/mol. The molecule has 0 bridgehead atoms. The second kappa shape index (κ2) is 2.19. The van der Waals surface area contributed by atoms with Crippen molar-refractivity contribution in [3.63, 3.8) is 0 Å². The van der Waals surface area contributed by atoms with E-state index in [1.807, 2.05) is 0 Å². The van der Waals surface area contributed by atoms with E-state index in [-0.39, 0.29) is 5.92 Å². The molecule has 0 saturated heterocycles. The predicted octanol–water partition coefficient (Wildman–Crippen LogP) is 1.02. The molecule has 1 atom stereocenters. The van der Waals surface area contributed by atoms with Gasteiger partial charge in [-0.3, -0.25) is 0 Å². The fourth-order valence-electron chi connectivity index (χ4n) is 0. The molecule has 0 radical (unpaired) electrons. The third kappa shape index (κ3) is 2.21. The van der Waals surface area contributed by atoms with Gasteiger partial charge in [-0.15, -0.1) is 0 Å². The summed E-state index contributed by atoms with van der Waals surface area (Å²) in [5.74, 6) is -0.197. The number of hydrogen-bond donors (Lipinski definition) is 1. The summed E-state index contributed by atoms with van der Waals surface area (Å²) in [6, 6.07) is 0. The zero-order valence-electron chi connectivity index (χ0n) is 7.10. The van der Waals surface area contributed by atoms with Crippen LogP contribution < -0.4 is 0 Å². The zero-order valence-corrected chi connectivity index (χ0v) is 4.10. The summed E-state index contributed by atoms with van der Waals surface area (Å²) >= 11 is 0. The van der Waals surface area contributed by atoms with E-state index in [2.05, 4.69) is 0 Å². The lowest BCUT2D eigenvalue weighted by Crippen LogP contribution is -2.07. The highest BCUT2D eigenvalue weighted by Gasteiger charge is 1.97. The van der Waals surface area contributed by atoms with Gasteiger partial charge in [0.1, 0.15) is 0 Å². The van der Waals surface area contributed by atoms with Crippen molar-refractivity contribution in [2.75, 3.05) is 0 Å². The molecule has 0 aromatic heterocycles. The van der Waals surface area contributed by atoms with Gasteiger partial charge in [0.25, 0.3) is 0 Å². The van der Waals surface area contributed by atoms with E-state index < -0.39 is 13.0 Å². The maximum atomic E-state index is 8.90. The third-order valence-electron chi connectivity index (χ3n) is 0.631. The molecule has 1 nitrogen and oxygen atoms in total. The van der Waals surface area contributed by atoms with Crippen molar-refractivity contribution in [1.82, 2.24) is 0 Å². The van der Waals surface area contributed by atoms with Crippen LogP contribution in [0.15, 0.2) is 0 Å². The van der Waals surface area contributed by atoms with E-state index >= 15 is 0 Å². The van der Waals surface area contributed by atoms with Crippen LogP contribution in [0, 0.1) is 5.92 Å². The van der Waals surface area contributed by atoms with E-state index in [1.165, 1.54) is 0 Å². The number of aliphatic hydroxyl groups excluding tert-OH is 1. The van der Waals surface area contributed by atoms with Crippen molar-refractivity contribution in [2.45, 2.75) is 26.8 Å². The average molecular weight is 91.2 g/mol. The van der Waals surface area contributed by atoms with Gasteiger partial charge >= 0.3 is 0 Å². The molecule has 0 aliphatic carbocycles. The Hall–Kier alpha value is -0.0400. The molecule has 0 aliphatic heterocycles. The summed E-state index contributed by atoms with van der Waals surface area (Å²) in [4.78, 5) is 0. The van der Waals surface area contributed by atoms with Gasteiger partial charge in [-0.1, -0.05) is 13.8 Å². The normalized spacial score (nSPS) is 25.0. The lowest BCUT2D eigenvalue weighted by atomic mass is 10.1. The summed E-state index contributed by atoms with van der Waals surface area (Å²) in [5.41, 5.74) is 0. The highest BCUT2D eigenvalue weighted by Crippen LogP contribution is 1.96. The molecular formula is C5H12O. The second-order valence-electron chi connectivity index (χ2n) is 1.69. The molecule has 0 spiro atoms. The van der Waals surface area contributed by atoms with Crippen molar-refractivity contribution in [1.29, 1.82) is 0 Å². The molecule has 0 aromatic carbocycles. The Morgan fingerprint density at radius 1 is 1.67 bits per heavy atom. The van der Waals surface area contributed by atoms with Gasteiger partial charge in [0, 0.05) is 4.11 Å². The SMILES string of the molecule is [2H]C([2H])([2H])C(O)C(C)C. The average Bonchev–Trinajstić information content (AvgIpc) is 1.62. The van der Waals surface area contributed by atoms with Crippen molar-refractivity contribution >= 4 is 0 Å². The lowest BCUT2D eigenvalue weighted by Gasteiger charge is -2.04. The van der Waals surface area contributed by atoms with E-state index in [9.17, 15) is 0 Å². The predicted molar refractivity (Wildman–Crippen MR) is 26.5 cm³/mol. The first-order valence-corrected chi connectivity index (χ1v) is 2.03. The van der Waals surface area contributed by atoms with Crippen LogP contribution in [0.4, 0.5) is 0 Å². The molecule has 0 heterocycles. The third-order valence-corrected chi connectivity index (χ3v) is 0.631. The topological polar surface area (TPSA) is 20.2 Å². The Balaban J connectivity index is 3.88. The molecule has 1 unspecified atom stereocenters. The minimum Gasteiger partial charge on any atom is -0.393 e. The maximum Gasteiger partial charge on any atom is 0.0535 e. The van der Waals surface area contributed by atoms with Crippen LogP contribution in [0.3, 0.4) is 0 Å². The molecule has 0 saturated carbocycles. The molecule has 0 aromatic rings. The minimum absolute atomic E-state index is 0.197. The Morgan fingerprint density at radius 3 is 2.17 bits per heavy atom. The summed E-state index contributed by atoms with van der Waals surface area (Å²) in [7, 11) is 0. The van der Waals surface area contributed by atoms with Crippen LogP contribution in [0.5, 0.6) is 0 Å². The van der Waals surface area contributed by atoms with Gasteiger partial charge in [-0.25, -0.2) is 0 Å². The van der Waals surface area contributed by atoms with Crippen molar-refractivity contribution in [3.8, 4) is 0 Å². The van der Waals surface area contributed by atoms with Crippen LogP contribution in [0.1, 0.15) is 24.8 Å². The smallest absolute Gasteiger partial charge is 0.0535 e. The monoisotopic (exact) mass is 91.1 g/mol. The van der Waals surface area contributed by atoms with Crippen molar-refractivity contribution in [3.05, 3.63) is 0 Å². The molecule has 0 fully saturated rings. The number of aliphatic hydroxyl groups is 1. The maximum absolute atomic E-state index is 8.90. The van der Waals surface area contributed by atoms with Crippen LogP contribution in [-0.4, -0.2) is 11.2 Å². The Bertz CT molecular complexity index is 86.7. The number of rotatable bonds is 1. The quantitative estimate of drug-likeness (QED) is 0.511. The molecule has 6 heavy (non-hydrogen) atoms. The van der Waals surface area contributed by atoms with E-state index in [0.717, 1.165) is 0 Å². The Morgan fingerprint density at radius 2 is 2.17 bits per heavy atom. The van der Waals surface area contributed by atoms with Gasteiger partial charge in [0.05, 0.1) is 6.10 Å². The van der Waals surface area contributed by atoms with Crippen molar-refractivity contribution < 1.29 is 9.22 Å². The fraction of sp³-hybridized carbons (Fsp3) is 1.00. The van der Waals surface area contributed by atoms with Gasteiger partial charge < -0.3 is 5.11 Å². The van der Waals surface area contributed by atoms with Crippen LogP contribution in [0.2, 0.25) is 0 Å². The van der Waals surface area contributed by atoms with Crippen LogP contribution in [0.25, 0.3) is 0 Å². The zero-order chi connectivity index (χ0) is 7.65. The van der Waals surface area contributed by atoms with Gasteiger partial charge in [-0.05, 0) is 12.8 Å². The second-order valence-corrected chi connectivity index (χ2v) is 1.69. The molecule has 1 heteroatoms. The summed E-state index contributed by atoms with van der Waals surface area (Å²) in [6.07, 6.45) is -1.18.